The number of halogens is 2. The number of carbonyl (C=O) groups excluding carboxylic acids is 1. The molecule has 1 aromatic heterocycles. The fourth-order valence-electron chi connectivity index (χ4n) is 2.95. The smallest absolute Gasteiger partial charge is 0.231 e. The van der Waals surface area contributed by atoms with Crippen LogP contribution in [0.2, 0.25) is 10.2 Å². The molecule has 0 unspecified atom stereocenters. The van der Waals surface area contributed by atoms with E-state index in [4.69, 9.17) is 23.2 Å². The van der Waals surface area contributed by atoms with Crippen LogP contribution in [0.1, 0.15) is 23.1 Å². The fraction of sp³-hybridized carbons (Fsp3) is 0.294. The van der Waals surface area contributed by atoms with Crippen LogP contribution in [0, 0.1) is 6.92 Å². The van der Waals surface area contributed by atoms with Gasteiger partial charge in [0.1, 0.15) is 5.15 Å². The van der Waals surface area contributed by atoms with Crippen LogP contribution in [-0.4, -0.2) is 17.4 Å². The number of hydrogen-bond donors (Lipinski definition) is 0. The normalized spacial score (nSPS) is 13.9. The highest BCUT2D eigenvalue weighted by molar-refractivity contribution is 6.31. The molecule has 2 heterocycles. The molecule has 2 aromatic rings. The van der Waals surface area contributed by atoms with Gasteiger partial charge in [0.15, 0.2) is 0 Å². The first kappa shape index (κ1) is 15.3. The highest BCUT2D eigenvalue weighted by atomic mass is 35.5. The van der Waals surface area contributed by atoms with Gasteiger partial charge in [-0.3, -0.25) is 4.79 Å². The maximum Gasteiger partial charge on any atom is 0.231 e. The number of hydrogen-bond acceptors (Lipinski definition) is 2. The van der Waals surface area contributed by atoms with Crippen molar-refractivity contribution in [2.45, 2.75) is 26.2 Å². The predicted molar refractivity (Wildman–Crippen MR) is 89.8 cm³/mol. The fourth-order valence-corrected chi connectivity index (χ4v) is 3.36. The number of benzene rings is 1. The molecule has 1 aliphatic heterocycles. The van der Waals surface area contributed by atoms with E-state index >= 15 is 0 Å². The topological polar surface area (TPSA) is 33.2 Å². The van der Waals surface area contributed by atoms with E-state index in [0.29, 0.717) is 11.6 Å². The van der Waals surface area contributed by atoms with Crippen molar-refractivity contribution in [3.63, 3.8) is 0 Å². The quantitative estimate of drug-likeness (QED) is 0.770. The van der Waals surface area contributed by atoms with Crippen molar-refractivity contribution in [2.24, 2.45) is 0 Å². The summed E-state index contributed by atoms with van der Waals surface area (Å²) >= 11 is 11.9. The van der Waals surface area contributed by atoms with Crippen LogP contribution in [0.25, 0.3) is 0 Å². The third kappa shape index (κ3) is 3.11. The van der Waals surface area contributed by atoms with Gasteiger partial charge < -0.3 is 4.90 Å². The Hall–Kier alpha value is -1.58. The molecule has 0 radical (unpaired) electrons. The number of anilines is 1. The van der Waals surface area contributed by atoms with Crippen molar-refractivity contribution in [1.82, 2.24) is 4.98 Å². The van der Waals surface area contributed by atoms with Crippen molar-refractivity contribution in [3.05, 3.63) is 57.3 Å². The summed E-state index contributed by atoms with van der Waals surface area (Å²) in [5.41, 5.74) is 4.08. The Balaban J connectivity index is 1.87. The second kappa shape index (κ2) is 6.27. The van der Waals surface area contributed by atoms with Crippen LogP contribution in [0.5, 0.6) is 0 Å². The Kier molecular flexibility index (Phi) is 4.37. The van der Waals surface area contributed by atoms with Gasteiger partial charge in [0, 0.05) is 23.5 Å². The molecule has 3 rings (SSSR count). The Morgan fingerprint density at radius 2 is 2.14 bits per heavy atom. The highest BCUT2D eigenvalue weighted by Crippen LogP contribution is 2.33. The van der Waals surface area contributed by atoms with Gasteiger partial charge in [-0.2, -0.15) is 0 Å². The molecule has 22 heavy (non-hydrogen) atoms. The zero-order chi connectivity index (χ0) is 15.7. The first-order chi connectivity index (χ1) is 10.5. The van der Waals surface area contributed by atoms with E-state index in [9.17, 15) is 4.79 Å². The lowest BCUT2D eigenvalue weighted by Crippen LogP contribution is -2.37. The number of fused-ring (bicyclic) bond motifs is 1. The van der Waals surface area contributed by atoms with Gasteiger partial charge in [-0.15, -0.1) is 0 Å². The van der Waals surface area contributed by atoms with E-state index in [-0.39, 0.29) is 5.91 Å². The number of aromatic nitrogens is 1. The first-order valence-electron chi connectivity index (χ1n) is 7.24. The van der Waals surface area contributed by atoms with Crippen LogP contribution >= 0.6 is 23.2 Å². The van der Waals surface area contributed by atoms with E-state index in [1.165, 1.54) is 0 Å². The standard InChI is InChI=1S/C17H16Cl2N2O/c1-11-7-14(18)9-13-3-2-6-21(17(11)13)16(22)8-12-4-5-15(19)20-10-12/h4-5,7,9-10H,2-3,6,8H2,1H3. The van der Waals surface area contributed by atoms with Crippen molar-refractivity contribution >= 4 is 34.8 Å². The van der Waals surface area contributed by atoms with E-state index in [0.717, 1.165) is 46.8 Å². The maximum absolute atomic E-state index is 12.7. The largest absolute Gasteiger partial charge is 0.312 e. The summed E-state index contributed by atoms with van der Waals surface area (Å²) in [5.74, 6) is 0.0792. The van der Waals surface area contributed by atoms with E-state index in [2.05, 4.69) is 4.98 Å². The van der Waals surface area contributed by atoms with Gasteiger partial charge in [-0.25, -0.2) is 4.98 Å². The average molecular weight is 335 g/mol. The van der Waals surface area contributed by atoms with Gasteiger partial charge in [0.25, 0.3) is 0 Å². The van der Waals surface area contributed by atoms with Crippen molar-refractivity contribution in [3.8, 4) is 0 Å². The molecule has 114 valence electrons. The summed E-state index contributed by atoms with van der Waals surface area (Å²) in [6, 6.07) is 7.43. The molecule has 0 N–H and O–H groups in total. The van der Waals surface area contributed by atoms with Gasteiger partial charge in [-0.05, 0) is 54.7 Å². The molecule has 0 spiro atoms. The van der Waals surface area contributed by atoms with Crippen molar-refractivity contribution < 1.29 is 4.79 Å². The van der Waals surface area contributed by atoms with E-state index in [1.807, 2.05) is 30.0 Å². The molecule has 0 bridgehead atoms. The maximum atomic E-state index is 12.7. The van der Waals surface area contributed by atoms with Gasteiger partial charge in [0.05, 0.1) is 6.42 Å². The number of aryl methyl sites for hydroxylation is 2. The van der Waals surface area contributed by atoms with E-state index in [1.54, 1.807) is 12.3 Å². The monoisotopic (exact) mass is 334 g/mol. The average Bonchev–Trinajstić information content (AvgIpc) is 2.48. The molecule has 0 atom stereocenters. The SMILES string of the molecule is Cc1cc(Cl)cc2c1N(C(=O)Cc1ccc(Cl)nc1)CCC2. The second-order valence-corrected chi connectivity index (χ2v) is 6.37. The lowest BCUT2D eigenvalue weighted by molar-refractivity contribution is -0.118. The van der Waals surface area contributed by atoms with Crippen LogP contribution in [0.15, 0.2) is 30.5 Å². The number of amides is 1. The van der Waals surface area contributed by atoms with Crippen LogP contribution in [-0.2, 0) is 17.6 Å². The summed E-state index contributed by atoms with van der Waals surface area (Å²) in [7, 11) is 0. The van der Waals surface area contributed by atoms with E-state index < -0.39 is 0 Å². The predicted octanol–water partition coefficient (Wildman–Crippen LogP) is 4.22. The second-order valence-electron chi connectivity index (χ2n) is 5.55. The molecule has 0 saturated heterocycles. The molecule has 1 aliphatic rings. The lowest BCUT2D eigenvalue weighted by atomic mass is 9.97. The third-order valence-electron chi connectivity index (χ3n) is 3.89. The molecule has 1 amide bonds. The highest BCUT2D eigenvalue weighted by Gasteiger charge is 2.24. The van der Waals surface area contributed by atoms with Crippen LogP contribution < -0.4 is 4.90 Å². The summed E-state index contributed by atoms with van der Waals surface area (Å²) in [4.78, 5) is 18.6. The Morgan fingerprint density at radius 1 is 1.32 bits per heavy atom. The van der Waals surface area contributed by atoms with Crippen LogP contribution in [0.4, 0.5) is 5.69 Å². The minimum absolute atomic E-state index is 0.0792. The first-order valence-corrected chi connectivity index (χ1v) is 8.00. The lowest BCUT2D eigenvalue weighted by Gasteiger charge is -2.31. The summed E-state index contributed by atoms with van der Waals surface area (Å²) in [6.07, 6.45) is 3.89. The Labute approximate surface area is 139 Å². The van der Waals surface area contributed by atoms with Crippen LogP contribution in [0.3, 0.4) is 0 Å². The molecular formula is C17H16Cl2N2O. The molecule has 0 fully saturated rings. The number of carbonyl (C=O) groups is 1. The minimum atomic E-state index is 0.0792. The zero-order valence-corrected chi connectivity index (χ0v) is 13.8. The number of pyridine rings is 1. The van der Waals surface area contributed by atoms with Crippen molar-refractivity contribution in [1.29, 1.82) is 0 Å². The Bertz CT molecular complexity index is 713. The molecule has 5 heteroatoms. The molecule has 0 saturated carbocycles. The summed E-state index contributed by atoms with van der Waals surface area (Å²) < 4.78 is 0. The third-order valence-corrected chi connectivity index (χ3v) is 4.33. The molecule has 1 aromatic carbocycles. The van der Waals surface area contributed by atoms with Gasteiger partial charge in [-0.1, -0.05) is 29.3 Å². The summed E-state index contributed by atoms with van der Waals surface area (Å²) in [5, 5.41) is 1.16. The van der Waals surface area contributed by atoms with Gasteiger partial charge in [0.2, 0.25) is 5.91 Å². The molecule has 0 aliphatic carbocycles. The van der Waals surface area contributed by atoms with Crippen molar-refractivity contribution in [2.75, 3.05) is 11.4 Å². The molecular weight excluding hydrogens is 319 g/mol. The molecule has 3 nitrogen and oxygen atoms in total. The number of nitrogens with zero attached hydrogens (tertiary/aromatic N) is 2. The zero-order valence-electron chi connectivity index (χ0n) is 12.3. The Morgan fingerprint density at radius 3 is 2.86 bits per heavy atom. The van der Waals surface area contributed by atoms with Gasteiger partial charge >= 0.3 is 0 Å². The minimum Gasteiger partial charge on any atom is -0.312 e. The summed E-state index contributed by atoms with van der Waals surface area (Å²) in [6.45, 7) is 2.75. The number of rotatable bonds is 2.